The maximum Gasteiger partial charge on any atom is 0.289 e. The topological polar surface area (TPSA) is 129 Å². The van der Waals surface area contributed by atoms with Gasteiger partial charge in [-0.25, -0.2) is 0 Å². The van der Waals surface area contributed by atoms with Gasteiger partial charge in [0.25, 0.3) is 17.1 Å². The summed E-state index contributed by atoms with van der Waals surface area (Å²) in [6.07, 6.45) is 0. The van der Waals surface area contributed by atoms with E-state index >= 15 is 0 Å². The normalized spacial score (nSPS) is 11.3. The van der Waals surface area contributed by atoms with Crippen LogP contribution in [0, 0.1) is 44.2 Å². The highest BCUT2D eigenvalue weighted by atomic mass is 79.9. The quantitative estimate of drug-likeness (QED) is 0.438. The highest BCUT2D eigenvalue weighted by molar-refractivity contribution is 9.09. The Kier molecular flexibility index (Phi) is 4.86. The first-order chi connectivity index (χ1) is 9.97. The number of nitrogens with zero attached hydrogens (tertiary/aromatic N) is 3. The van der Waals surface area contributed by atoms with Crippen LogP contribution in [0.3, 0.4) is 0 Å². The van der Waals surface area contributed by atoms with E-state index in [2.05, 4.69) is 15.9 Å². The minimum atomic E-state index is -0.949. The van der Waals surface area contributed by atoms with Gasteiger partial charge in [0.05, 0.1) is 14.8 Å². The van der Waals surface area contributed by atoms with Crippen molar-refractivity contribution >= 4 is 33.0 Å². The summed E-state index contributed by atoms with van der Waals surface area (Å²) in [5, 5.41) is 34.2. The van der Waals surface area contributed by atoms with E-state index in [1.807, 2.05) is 0 Å². The second kappa shape index (κ2) is 5.95. The number of alkyl halides is 1. The summed E-state index contributed by atoms with van der Waals surface area (Å²) in [5.41, 5.74) is -3.16. The van der Waals surface area contributed by atoms with Crippen LogP contribution in [0.1, 0.15) is 30.5 Å². The number of nitro benzene ring substituents is 3. The summed E-state index contributed by atoms with van der Waals surface area (Å²) in [7, 11) is 0. The largest absolute Gasteiger partial charge is 0.289 e. The van der Waals surface area contributed by atoms with Crippen LogP contribution in [0.25, 0.3) is 0 Å². The number of halogens is 1. The van der Waals surface area contributed by atoms with Crippen molar-refractivity contribution < 1.29 is 14.8 Å². The minimum Gasteiger partial charge on any atom is -0.258 e. The molecule has 1 rings (SSSR count). The van der Waals surface area contributed by atoms with Gasteiger partial charge in [-0.15, -0.1) is 0 Å². The van der Waals surface area contributed by atoms with E-state index in [4.69, 9.17) is 0 Å². The van der Waals surface area contributed by atoms with E-state index in [-0.39, 0.29) is 22.0 Å². The summed E-state index contributed by atoms with van der Waals surface area (Å²) in [5.74, 6) is 0. The van der Waals surface area contributed by atoms with Gasteiger partial charge >= 0.3 is 0 Å². The van der Waals surface area contributed by atoms with Crippen LogP contribution in [0.4, 0.5) is 17.1 Å². The summed E-state index contributed by atoms with van der Waals surface area (Å²) in [4.78, 5) is 31.6. The molecular weight excluding hydrogens is 362 g/mol. The molecule has 9 nitrogen and oxygen atoms in total. The third-order valence-electron chi connectivity index (χ3n) is 3.45. The van der Waals surface area contributed by atoms with E-state index in [0.717, 1.165) is 0 Å². The van der Waals surface area contributed by atoms with Crippen molar-refractivity contribution in [1.82, 2.24) is 0 Å². The van der Waals surface area contributed by atoms with Gasteiger partial charge in [-0.05, 0) is 13.8 Å². The van der Waals surface area contributed by atoms with Crippen molar-refractivity contribution in [3.05, 3.63) is 47.0 Å². The Bertz CT molecular complexity index is 645. The summed E-state index contributed by atoms with van der Waals surface area (Å²) in [6.45, 7) is 5.67. The van der Waals surface area contributed by atoms with Gasteiger partial charge in [0.15, 0.2) is 0 Å². The molecule has 0 aromatic heterocycles. The van der Waals surface area contributed by atoms with Crippen molar-refractivity contribution in [1.29, 1.82) is 0 Å². The van der Waals surface area contributed by atoms with E-state index in [1.54, 1.807) is 13.8 Å². The summed E-state index contributed by atoms with van der Waals surface area (Å²) >= 11 is 3.19. The Hall–Kier alpha value is -2.10. The smallest absolute Gasteiger partial charge is 0.258 e. The van der Waals surface area contributed by atoms with Gasteiger partial charge in [0.1, 0.15) is 16.7 Å². The average Bonchev–Trinajstić information content (AvgIpc) is 2.36. The predicted molar refractivity (Wildman–Crippen MR) is 82.7 cm³/mol. The lowest BCUT2D eigenvalue weighted by molar-refractivity contribution is -0.406. The average molecular weight is 376 g/mol. The lowest BCUT2D eigenvalue weighted by atomic mass is 9.81. The molecule has 0 aliphatic carbocycles. The molecule has 0 atom stereocenters. The van der Waals surface area contributed by atoms with Crippen LogP contribution in [0.5, 0.6) is 0 Å². The van der Waals surface area contributed by atoms with Crippen LogP contribution in [0.2, 0.25) is 0 Å². The SMILES string of the molecule is Cc1c([N+](=O)[O-])c(C)c([N+](=O)[O-])c(C(C)(C)CBr)c1[N+](=O)[O-]. The Labute approximate surface area is 133 Å². The van der Waals surface area contributed by atoms with Crippen LogP contribution < -0.4 is 0 Å². The fraction of sp³-hybridized carbons (Fsp3) is 0.500. The molecule has 0 saturated carbocycles. The van der Waals surface area contributed by atoms with Crippen molar-refractivity contribution in [2.24, 2.45) is 0 Å². The Morgan fingerprint density at radius 2 is 1.18 bits per heavy atom. The Morgan fingerprint density at radius 3 is 1.41 bits per heavy atom. The first kappa shape index (κ1) is 18.0. The molecule has 0 aliphatic rings. The van der Waals surface area contributed by atoms with Crippen LogP contribution in [-0.2, 0) is 5.41 Å². The van der Waals surface area contributed by atoms with Crippen molar-refractivity contribution in [2.45, 2.75) is 33.1 Å². The molecule has 22 heavy (non-hydrogen) atoms. The number of hydrogen-bond acceptors (Lipinski definition) is 6. The molecule has 0 saturated heterocycles. The molecular formula is C12H14BrN3O6. The third-order valence-corrected chi connectivity index (χ3v) is 4.85. The van der Waals surface area contributed by atoms with Crippen LogP contribution >= 0.6 is 15.9 Å². The number of benzene rings is 1. The highest BCUT2D eigenvalue weighted by Crippen LogP contribution is 2.47. The maximum absolute atomic E-state index is 11.4. The van der Waals surface area contributed by atoms with E-state index in [9.17, 15) is 30.3 Å². The monoisotopic (exact) mass is 375 g/mol. The van der Waals surface area contributed by atoms with Gasteiger partial charge < -0.3 is 0 Å². The molecule has 0 heterocycles. The number of hydrogen-bond donors (Lipinski definition) is 0. The standard InChI is InChI=1S/C12H14BrN3O6/c1-6-9(14(17)18)7(2)11(16(21)22)8(10(6)15(19)20)12(3,4)5-13/h5H2,1-4H3. The molecule has 0 fully saturated rings. The minimum absolute atomic E-state index is 0.111. The van der Waals surface area contributed by atoms with Crippen molar-refractivity contribution in [3.8, 4) is 0 Å². The Balaban J connectivity index is 4.17. The Morgan fingerprint density at radius 1 is 0.864 bits per heavy atom. The lowest BCUT2D eigenvalue weighted by Gasteiger charge is -2.23. The lowest BCUT2D eigenvalue weighted by Crippen LogP contribution is -2.24. The molecule has 0 N–H and O–H groups in total. The molecule has 0 radical (unpaired) electrons. The van der Waals surface area contributed by atoms with Crippen LogP contribution in [-0.4, -0.2) is 20.1 Å². The molecule has 0 unspecified atom stereocenters. The van der Waals surface area contributed by atoms with Gasteiger partial charge in [0, 0.05) is 10.7 Å². The van der Waals surface area contributed by atoms with E-state index in [0.29, 0.717) is 0 Å². The molecule has 10 heteroatoms. The number of rotatable bonds is 5. The predicted octanol–water partition coefficient (Wildman–Crippen LogP) is 3.70. The zero-order chi connectivity index (χ0) is 17.4. The maximum atomic E-state index is 11.4. The zero-order valence-electron chi connectivity index (χ0n) is 12.4. The van der Waals surface area contributed by atoms with Gasteiger partial charge in [-0.3, -0.25) is 30.3 Å². The first-order valence-corrected chi connectivity index (χ1v) is 7.26. The third kappa shape index (κ3) is 2.78. The molecule has 0 bridgehead atoms. The molecule has 0 aliphatic heterocycles. The second-order valence-corrected chi connectivity index (χ2v) is 6.02. The summed E-state index contributed by atoms with van der Waals surface area (Å²) < 4.78 is 0. The second-order valence-electron chi connectivity index (χ2n) is 5.46. The molecule has 1 aromatic rings. The molecule has 1 aromatic carbocycles. The zero-order valence-corrected chi connectivity index (χ0v) is 14.0. The van der Waals surface area contributed by atoms with Gasteiger partial charge in [-0.1, -0.05) is 29.8 Å². The van der Waals surface area contributed by atoms with Crippen molar-refractivity contribution in [2.75, 3.05) is 5.33 Å². The first-order valence-electron chi connectivity index (χ1n) is 6.14. The van der Waals surface area contributed by atoms with Gasteiger partial charge in [0.2, 0.25) is 0 Å². The highest BCUT2D eigenvalue weighted by Gasteiger charge is 2.43. The fourth-order valence-electron chi connectivity index (χ4n) is 2.43. The van der Waals surface area contributed by atoms with Crippen LogP contribution in [0.15, 0.2) is 0 Å². The number of nitro groups is 3. The van der Waals surface area contributed by atoms with Gasteiger partial charge in [-0.2, -0.15) is 0 Å². The summed E-state index contributed by atoms with van der Waals surface area (Å²) in [6, 6.07) is 0. The van der Waals surface area contributed by atoms with E-state index in [1.165, 1.54) is 13.8 Å². The van der Waals surface area contributed by atoms with E-state index < -0.39 is 37.2 Å². The molecule has 0 spiro atoms. The molecule has 120 valence electrons. The fourth-order valence-corrected chi connectivity index (χ4v) is 2.71. The molecule has 0 amide bonds. The van der Waals surface area contributed by atoms with Crippen molar-refractivity contribution in [3.63, 3.8) is 0 Å².